The van der Waals surface area contributed by atoms with Crippen LogP contribution < -0.4 is 5.32 Å². The van der Waals surface area contributed by atoms with Gasteiger partial charge < -0.3 is 10.1 Å². The number of nitrogens with zero attached hydrogens (tertiary/aromatic N) is 1. The Morgan fingerprint density at radius 3 is 3.08 bits per heavy atom. The molecule has 0 radical (unpaired) electrons. The van der Waals surface area contributed by atoms with Crippen molar-refractivity contribution in [3.63, 3.8) is 0 Å². The maximum absolute atomic E-state index is 5.19. The zero-order valence-corrected chi connectivity index (χ0v) is 9.17. The van der Waals surface area contributed by atoms with Gasteiger partial charge in [-0.1, -0.05) is 0 Å². The lowest BCUT2D eigenvalue weighted by molar-refractivity contribution is 0.158. The lowest BCUT2D eigenvalue weighted by Gasteiger charge is -2.05. The van der Waals surface area contributed by atoms with Crippen LogP contribution in [0.3, 0.4) is 0 Å². The molecule has 0 atom stereocenters. The number of hydrogen-bond acceptors (Lipinski definition) is 3. The summed E-state index contributed by atoms with van der Waals surface area (Å²) >= 11 is 3.35. The number of rotatable bonds is 5. The van der Waals surface area contributed by atoms with E-state index < -0.39 is 0 Å². The van der Waals surface area contributed by atoms with Gasteiger partial charge in [0.15, 0.2) is 0 Å². The van der Waals surface area contributed by atoms with Crippen molar-refractivity contribution in [1.29, 1.82) is 0 Å². The molecule has 1 heterocycles. The van der Waals surface area contributed by atoms with Gasteiger partial charge in [0.2, 0.25) is 0 Å². The summed E-state index contributed by atoms with van der Waals surface area (Å²) in [5.41, 5.74) is 1.01. The van der Waals surface area contributed by atoms with E-state index >= 15 is 0 Å². The molecule has 1 aromatic heterocycles. The number of pyridine rings is 1. The second kappa shape index (κ2) is 5.94. The van der Waals surface area contributed by atoms with Gasteiger partial charge in [0, 0.05) is 23.8 Å². The van der Waals surface area contributed by atoms with Crippen LogP contribution in [0.4, 0.5) is 5.69 Å². The fraction of sp³-hybridized carbons (Fsp3) is 0.444. The van der Waals surface area contributed by atoms with E-state index in [0.29, 0.717) is 0 Å². The van der Waals surface area contributed by atoms with Gasteiger partial charge in [0.1, 0.15) is 0 Å². The fourth-order valence-electron chi connectivity index (χ4n) is 0.920. The highest BCUT2D eigenvalue weighted by Crippen LogP contribution is 2.12. The van der Waals surface area contributed by atoms with E-state index in [0.717, 1.165) is 29.9 Å². The molecule has 0 aromatic carbocycles. The summed E-state index contributed by atoms with van der Waals surface area (Å²) in [5.74, 6) is 0. The van der Waals surface area contributed by atoms with E-state index in [4.69, 9.17) is 4.74 Å². The van der Waals surface area contributed by atoms with E-state index in [1.807, 2.05) is 13.0 Å². The molecule has 1 N–H and O–H groups in total. The van der Waals surface area contributed by atoms with Crippen LogP contribution >= 0.6 is 15.9 Å². The maximum atomic E-state index is 5.19. The molecule has 1 rings (SSSR count). The number of nitrogens with one attached hydrogen (secondary N) is 1. The summed E-state index contributed by atoms with van der Waals surface area (Å²) in [6, 6.07) is 1.99. The van der Waals surface area contributed by atoms with Gasteiger partial charge in [-0.15, -0.1) is 0 Å². The van der Waals surface area contributed by atoms with Crippen molar-refractivity contribution in [2.24, 2.45) is 0 Å². The van der Waals surface area contributed by atoms with Crippen molar-refractivity contribution >= 4 is 21.6 Å². The third-order valence-electron chi connectivity index (χ3n) is 1.48. The molecule has 0 aliphatic heterocycles. The van der Waals surface area contributed by atoms with Crippen LogP contribution in [0.2, 0.25) is 0 Å². The molecule has 0 spiro atoms. The largest absolute Gasteiger partial charge is 0.381 e. The number of hydrogen-bond donors (Lipinski definition) is 1. The van der Waals surface area contributed by atoms with Crippen LogP contribution in [0.1, 0.15) is 6.92 Å². The average molecular weight is 245 g/mol. The molecule has 0 bridgehead atoms. The summed E-state index contributed by atoms with van der Waals surface area (Å²) in [6.07, 6.45) is 3.55. The minimum Gasteiger partial charge on any atom is -0.381 e. The molecule has 0 fully saturated rings. The Morgan fingerprint density at radius 1 is 1.54 bits per heavy atom. The summed E-state index contributed by atoms with van der Waals surface area (Å²) < 4.78 is 6.17. The van der Waals surface area contributed by atoms with Crippen molar-refractivity contribution in [3.05, 3.63) is 22.9 Å². The zero-order valence-electron chi connectivity index (χ0n) is 7.59. The van der Waals surface area contributed by atoms with E-state index in [2.05, 4.69) is 26.2 Å². The van der Waals surface area contributed by atoms with Crippen molar-refractivity contribution in [1.82, 2.24) is 4.98 Å². The average Bonchev–Trinajstić information content (AvgIpc) is 2.13. The number of ether oxygens (including phenoxy) is 1. The normalized spacial score (nSPS) is 10.0. The molecule has 13 heavy (non-hydrogen) atoms. The Bertz CT molecular complexity index is 255. The first-order valence-electron chi connectivity index (χ1n) is 4.25. The monoisotopic (exact) mass is 244 g/mol. The second-order valence-electron chi connectivity index (χ2n) is 2.52. The van der Waals surface area contributed by atoms with E-state index in [1.54, 1.807) is 12.4 Å². The van der Waals surface area contributed by atoms with Gasteiger partial charge in [0.05, 0.1) is 18.5 Å². The van der Waals surface area contributed by atoms with Crippen LogP contribution in [0.15, 0.2) is 22.9 Å². The van der Waals surface area contributed by atoms with Crippen molar-refractivity contribution in [2.75, 3.05) is 25.1 Å². The predicted molar refractivity (Wildman–Crippen MR) is 56.9 cm³/mol. The van der Waals surface area contributed by atoms with E-state index in [-0.39, 0.29) is 0 Å². The molecule has 72 valence electrons. The molecule has 0 saturated carbocycles. The van der Waals surface area contributed by atoms with Gasteiger partial charge in [-0.3, -0.25) is 4.98 Å². The Hall–Kier alpha value is -0.610. The number of halogens is 1. The highest BCUT2D eigenvalue weighted by molar-refractivity contribution is 9.10. The van der Waals surface area contributed by atoms with Gasteiger partial charge >= 0.3 is 0 Å². The minimum atomic E-state index is 0.725. The number of anilines is 1. The first-order valence-corrected chi connectivity index (χ1v) is 5.04. The van der Waals surface area contributed by atoms with E-state index in [9.17, 15) is 0 Å². The third kappa shape index (κ3) is 4.24. The molecule has 3 nitrogen and oxygen atoms in total. The third-order valence-corrected chi connectivity index (χ3v) is 1.92. The first kappa shape index (κ1) is 10.5. The molecule has 0 aliphatic carbocycles. The Balaban J connectivity index is 2.28. The van der Waals surface area contributed by atoms with Gasteiger partial charge in [-0.2, -0.15) is 0 Å². The minimum absolute atomic E-state index is 0.725. The lowest BCUT2D eigenvalue weighted by Crippen LogP contribution is -2.09. The lowest BCUT2D eigenvalue weighted by atomic mass is 10.4. The first-order chi connectivity index (χ1) is 6.33. The van der Waals surface area contributed by atoms with Crippen LogP contribution in [0.25, 0.3) is 0 Å². The van der Waals surface area contributed by atoms with Gasteiger partial charge in [0.25, 0.3) is 0 Å². The quantitative estimate of drug-likeness (QED) is 0.808. The summed E-state index contributed by atoms with van der Waals surface area (Å²) in [4.78, 5) is 4.03. The molecule has 1 aromatic rings. The smallest absolute Gasteiger partial charge is 0.0638 e. The van der Waals surface area contributed by atoms with Gasteiger partial charge in [-0.25, -0.2) is 0 Å². The summed E-state index contributed by atoms with van der Waals surface area (Å²) in [5, 5.41) is 3.20. The molecule has 0 saturated heterocycles. The molecular formula is C9H13BrN2O. The van der Waals surface area contributed by atoms with Crippen molar-refractivity contribution in [2.45, 2.75) is 6.92 Å². The Morgan fingerprint density at radius 2 is 2.38 bits per heavy atom. The molecule has 0 amide bonds. The maximum Gasteiger partial charge on any atom is 0.0638 e. The fourth-order valence-corrected chi connectivity index (χ4v) is 1.29. The second-order valence-corrected chi connectivity index (χ2v) is 3.43. The summed E-state index contributed by atoms with van der Waals surface area (Å²) in [6.45, 7) is 4.29. The highest BCUT2D eigenvalue weighted by atomic mass is 79.9. The molecule has 0 unspecified atom stereocenters. The van der Waals surface area contributed by atoms with Crippen molar-refractivity contribution < 1.29 is 4.74 Å². The summed E-state index contributed by atoms with van der Waals surface area (Å²) in [7, 11) is 0. The van der Waals surface area contributed by atoms with Gasteiger partial charge in [-0.05, 0) is 28.9 Å². The molecular weight excluding hydrogens is 232 g/mol. The molecule has 4 heteroatoms. The number of aromatic nitrogens is 1. The standard InChI is InChI=1S/C9H13BrN2O/c1-2-13-4-3-12-9-5-8(10)6-11-7-9/h5-7,12H,2-4H2,1H3. The zero-order chi connectivity index (χ0) is 9.52. The highest BCUT2D eigenvalue weighted by Gasteiger charge is 1.92. The molecule has 0 aliphatic rings. The van der Waals surface area contributed by atoms with E-state index in [1.165, 1.54) is 0 Å². The Kier molecular flexibility index (Phi) is 4.78. The van der Waals surface area contributed by atoms with Crippen LogP contribution in [0.5, 0.6) is 0 Å². The van der Waals surface area contributed by atoms with Crippen LogP contribution in [-0.4, -0.2) is 24.7 Å². The van der Waals surface area contributed by atoms with Crippen molar-refractivity contribution in [3.8, 4) is 0 Å². The topological polar surface area (TPSA) is 34.1 Å². The van der Waals surface area contributed by atoms with Crippen LogP contribution in [0, 0.1) is 0 Å². The predicted octanol–water partition coefficient (Wildman–Crippen LogP) is 2.29. The SMILES string of the molecule is CCOCCNc1cncc(Br)c1. The Labute approximate surface area is 86.6 Å². The van der Waals surface area contributed by atoms with Crippen LogP contribution in [-0.2, 0) is 4.74 Å².